The molecule has 1 heterocycles. The van der Waals surface area contributed by atoms with Crippen LogP contribution in [0.3, 0.4) is 0 Å². The fourth-order valence-corrected chi connectivity index (χ4v) is 3.02. The summed E-state index contributed by atoms with van der Waals surface area (Å²) in [6.45, 7) is 4.26. The lowest BCUT2D eigenvalue weighted by atomic mass is 9.78. The average Bonchev–Trinajstić information content (AvgIpc) is 2.88. The zero-order chi connectivity index (χ0) is 15.5. The summed E-state index contributed by atoms with van der Waals surface area (Å²) in [5, 5.41) is 10.6. The van der Waals surface area contributed by atoms with Crippen LogP contribution in [0.4, 0.5) is 0 Å². The van der Waals surface area contributed by atoms with Gasteiger partial charge in [0, 0.05) is 28.9 Å². The Morgan fingerprint density at radius 2 is 2.14 bits per heavy atom. The first-order valence-electron chi connectivity index (χ1n) is 6.74. The Hall–Kier alpha value is -1.50. The maximum absolute atomic E-state index is 9.50. The summed E-state index contributed by atoms with van der Waals surface area (Å²) in [5.41, 5.74) is 0.761. The van der Waals surface area contributed by atoms with Gasteiger partial charge in [0.05, 0.1) is 12.0 Å². The van der Waals surface area contributed by atoms with Crippen LogP contribution < -0.4 is 0 Å². The molecule has 1 N–H and O–H groups in total. The summed E-state index contributed by atoms with van der Waals surface area (Å²) in [6, 6.07) is 7.64. The first-order chi connectivity index (χ1) is 9.91. The number of halogens is 2. The van der Waals surface area contributed by atoms with Crippen molar-refractivity contribution in [2.75, 3.05) is 0 Å². The number of nitrogens with zero attached hydrogens (tertiary/aromatic N) is 2. The second-order valence-electron chi connectivity index (χ2n) is 5.93. The smallest absolute Gasteiger partial charge is 0.106 e. The summed E-state index contributed by atoms with van der Waals surface area (Å²) in [5.74, 6) is 0.665. The molecular formula is C16H17Cl2N3. The van der Waals surface area contributed by atoms with E-state index < -0.39 is 0 Å². The number of nitriles is 1. The lowest BCUT2D eigenvalue weighted by Crippen LogP contribution is -2.19. The molecule has 110 valence electrons. The van der Waals surface area contributed by atoms with Crippen LogP contribution in [0.2, 0.25) is 10.0 Å². The highest BCUT2D eigenvalue weighted by Gasteiger charge is 2.27. The van der Waals surface area contributed by atoms with E-state index in [0.29, 0.717) is 16.5 Å². The Balaban J connectivity index is 2.16. The van der Waals surface area contributed by atoms with Crippen LogP contribution in [0.25, 0.3) is 0 Å². The summed E-state index contributed by atoms with van der Waals surface area (Å²) < 4.78 is 0. The van der Waals surface area contributed by atoms with Gasteiger partial charge >= 0.3 is 0 Å². The summed E-state index contributed by atoms with van der Waals surface area (Å²) in [7, 11) is 0. The van der Waals surface area contributed by atoms with Crippen molar-refractivity contribution in [3.8, 4) is 6.07 Å². The van der Waals surface area contributed by atoms with Crippen molar-refractivity contribution in [2.24, 2.45) is 5.41 Å². The van der Waals surface area contributed by atoms with Gasteiger partial charge in [-0.2, -0.15) is 5.26 Å². The molecule has 0 aliphatic rings. The molecule has 2 rings (SSSR count). The van der Waals surface area contributed by atoms with Crippen molar-refractivity contribution in [3.63, 3.8) is 0 Å². The average molecular weight is 322 g/mol. The molecule has 3 nitrogen and oxygen atoms in total. The van der Waals surface area contributed by atoms with Crippen molar-refractivity contribution >= 4 is 23.2 Å². The predicted octanol–water partition coefficient (Wildman–Crippen LogP) is 4.98. The molecule has 1 atom stereocenters. The number of hydrogen-bond acceptors (Lipinski definition) is 2. The number of rotatable bonds is 5. The third-order valence-corrected chi connectivity index (χ3v) is 4.01. The van der Waals surface area contributed by atoms with Crippen LogP contribution in [-0.4, -0.2) is 9.97 Å². The van der Waals surface area contributed by atoms with Gasteiger partial charge in [0.15, 0.2) is 0 Å². The molecule has 0 saturated carbocycles. The minimum atomic E-state index is -0.264. The lowest BCUT2D eigenvalue weighted by Gasteiger charge is -2.26. The Kier molecular flexibility index (Phi) is 4.92. The molecule has 0 bridgehead atoms. The minimum Gasteiger partial charge on any atom is -0.349 e. The van der Waals surface area contributed by atoms with Crippen LogP contribution in [0, 0.1) is 16.7 Å². The molecule has 21 heavy (non-hydrogen) atoms. The van der Waals surface area contributed by atoms with Gasteiger partial charge in [-0.1, -0.05) is 43.1 Å². The summed E-state index contributed by atoms with van der Waals surface area (Å²) in [4.78, 5) is 7.36. The van der Waals surface area contributed by atoms with E-state index in [1.807, 2.05) is 12.3 Å². The third kappa shape index (κ3) is 4.23. The zero-order valence-corrected chi connectivity index (χ0v) is 13.5. The summed E-state index contributed by atoms with van der Waals surface area (Å²) in [6.07, 6.45) is 5.03. The fourth-order valence-electron chi connectivity index (χ4n) is 2.48. The monoisotopic (exact) mass is 321 g/mol. The minimum absolute atomic E-state index is 0.0682. The molecule has 0 aliphatic carbocycles. The zero-order valence-electron chi connectivity index (χ0n) is 12.0. The van der Waals surface area contributed by atoms with E-state index in [0.717, 1.165) is 17.8 Å². The van der Waals surface area contributed by atoms with Gasteiger partial charge < -0.3 is 4.98 Å². The molecule has 0 aliphatic heterocycles. The lowest BCUT2D eigenvalue weighted by molar-refractivity contribution is 0.315. The van der Waals surface area contributed by atoms with Gasteiger partial charge in [-0.15, -0.1) is 0 Å². The first kappa shape index (κ1) is 15.9. The summed E-state index contributed by atoms with van der Waals surface area (Å²) >= 11 is 12.1. The van der Waals surface area contributed by atoms with Crippen molar-refractivity contribution in [2.45, 2.75) is 32.6 Å². The molecule has 0 spiro atoms. The Labute approximate surface area is 134 Å². The van der Waals surface area contributed by atoms with Crippen LogP contribution in [-0.2, 0) is 6.42 Å². The number of H-pyrrole nitrogens is 1. The van der Waals surface area contributed by atoms with Gasteiger partial charge in [0.25, 0.3) is 0 Å². The number of aromatic amines is 1. The molecule has 0 amide bonds. The molecule has 2 aromatic rings. The maximum Gasteiger partial charge on any atom is 0.106 e. The quantitative estimate of drug-likeness (QED) is 0.844. The fraction of sp³-hybridized carbons (Fsp3) is 0.375. The van der Waals surface area contributed by atoms with Gasteiger partial charge in [-0.3, -0.25) is 0 Å². The van der Waals surface area contributed by atoms with E-state index in [9.17, 15) is 5.26 Å². The Bertz CT molecular complexity index is 642. The highest BCUT2D eigenvalue weighted by atomic mass is 35.5. The van der Waals surface area contributed by atoms with E-state index in [2.05, 4.69) is 29.9 Å². The first-order valence-corrected chi connectivity index (χ1v) is 7.50. The number of aromatic nitrogens is 2. The van der Waals surface area contributed by atoms with E-state index in [1.165, 1.54) is 0 Å². The molecule has 5 heteroatoms. The van der Waals surface area contributed by atoms with Crippen LogP contribution in [0.5, 0.6) is 0 Å². The maximum atomic E-state index is 9.50. The molecule has 0 radical (unpaired) electrons. The molecule has 0 saturated heterocycles. The highest BCUT2D eigenvalue weighted by Crippen LogP contribution is 2.37. The SMILES string of the molecule is CC(C)(Cc1ncc[nH]1)CC(C#N)c1ccc(Cl)cc1Cl. The number of nitrogens with one attached hydrogen (secondary N) is 1. The van der Waals surface area contributed by atoms with Crippen molar-refractivity contribution < 1.29 is 0 Å². The van der Waals surface area contributed by atoms with Crippen LogP contribution in [0.1, 0.15) is 37.6 Å². The van der Waals surface area contributed by atoms with Crippen molar-refractivity contribution in [1.82, 2.24) is 9.97 Å². The van der Waals surface area contributed by atoms with Gasteiger partial charge in [-0.05, 0) is 29.5 Å². The molecule has 1 unspecified atom stereocenters. The van der Waals surface area contributed by atoms with E-state index in [-0.39, 0.29) is 11.3 Å². The highest BCUT2D eigenvalue weighted by molar-refractivity contribution is 6.35. The van der Waals surface area contributed by atoms with E-state index in [4.69, 9.17) is 23.2 Å². The van der Waals surface area contributed by atoms with Gasteiger partial charge in [0.2, 0.25) is 0 Å². The number of benzene rings is 1. The van der Waals surface area contributed by atoms with Gasteiger partial charge in [-0.25, -0.2) is 4.98 Å². The second-order valence-corrected chi connectivity index (χ2v) is 6.77. The predicted molar refractivity (Wildman–Crippen MR) is 85.5 cm³/mol. The van der Waals surface area contributed by atoms with Gasteiger partial charge in [0.1, 0.15) is 5.82 Å². The topological polar surface area (TPSA) is 52.5 Å². The third-order valence-electron chi connectivity index (χ3n) is 3.45. The van der Waals surface area contributed by atoms with E-state index >= 15 is 0 Å². The molecule has 1 aromatic carbocycles. The Morgan fingerprint density at radius 3 is 2.71 bits per heavy atom. The van der Waals surface area contributed by atoms with Crippen LogP contribution in [0.15, 0.2) is 30.6 Å². The molecular weight excluding hydrogens is 305 g/mol. The largest absolute Gasteiger partial charge is 0.349 e. The number of imidazole rings is 1. The molecule has 0 fully saturated rings. The second kappa shape index (κ2) is 6.51. The molecule has 1 aromatic heterocycles. The van der Waals surface area contributed by atoms with Crippen molar-refractivity contribution in [1.29, 1.82) is 5.26 Å². The van der Waals surface area contributed by atoms with Crippen LogP contribution >= 0.6 is 23.2 Å². The van der Waals surface area contributed by atoms with E-state index in [1.54, 1.807) is 18.3 Å². The normalized spacial score (nSPS) is 12.9. The standard InChI is InChI=1S/C16H17Cl2N3/c1-16(2,9-15-20-5-6-21-15)8-11(10-19)13-4-3-12(17)7-14(13)18/h3-7,11H,8-9H2,1-2H3,(H,20,21). The number of hydrogen-bond donors (Lipinski definition) is 1. The Morgan fingerprint density at radius 1 is 1.38 bits per heavy atom. The van der Waals surface area contributed by atoms with Crippen molar-refractivity contribution in [3.05, 3.63) is 52.0 Å².